The van der Waals surface area contributed by atoms with Crippen LogP contribution in [0.3, 0.4) is 0 Å². The molecule has 0 spiro atoms. The van der Waals surface area contributed by atoms with Gasteiger partial charge in [-0.1, -0.05) is 31.9 Å². The zero-order valence-electron chi connectivity index (χ0n) is 14.1. The number of aromatic nitrogens is 1. The first-order chi connectivity index (χ1) is 11.6. The fourth-order valence-electron chi connectivity index (χ4n) is 2.29. The number of amides is 2. The van der Waals surface area contributed by atoms with Crippen molar-refractivity contribution in [3.63, 3.8) is 0 Å². The Hall–Kier alpha value is -2.69. The molecular weight excluding hydrogens is 302 g/mol. The number of carbonyl (C=O) groups is 2. The van der Waals surface area contributed by atoms with Gasteiger partial charge in [-0.3, -0.25) is 14.6 Å². The number of anilines is 1. The maximum Gasteiger partial charge on any atom is 0.274 e. The van der Waals surface area contributed by atoms with Crippen LogP contribution in [0.5, 0.6) is 0 Å². The Bertz CT molecular complexity index is 713. The minimum Gasteiger partial charge on any atom is -0.352 e. The summed E-state index contributed by atoms with van der Waals surface area (Å²) in [7, 11) is 0. The molecule has 2 amide bonds. The fraction of sp³-hybridized carbons (Fsp3) is 0.316. The second-order valence-electron chi connectivity index (χ2n) is 5.72. The zero-order chi connectivity index (χ0) is 17.4. The van der Waals surface area contributed by atoms with Crippen LogP contribution in [0.2, 0.25) is 0 Å². The van der Waals surface area contributed by atoms with Crippen molar-refractivity contribution < 1.29 is 9.59 Å². The molecule has 0 aliphatic rings. The standard InChI is InChI=1S/C19H23N3O2/c1-3-4-5-10-21-18(23)15-9-11-20-17(13-15)19(24)22-16-8-6-7-14(2)12-16/h6-9,11-13H,3-5,10H2,1-2H3,(H,21,23)(H,22,24). The molecule has 2 N–H and O–H groups in total. The summed E-state index contributed by atoms with van der Waals surface area (Å²) < 4.78 is 0. The van der Waals surface area contributed by atoms with E-state index in [2.05, 4.69) is 22.5 Å². The van der Waals surface area contributed by atoms with E-state index in [4.69, 9.17) is 0 Å². The van der Waals surface area contributed by atoms with E-state index in [0.717, 1.165) is 24.8 Å². The van der Waals surface area contributed by atoms with Crippen molar-refractivity contribution in [3.8, 4) is 0 Å². The molecule has 1 aromatic carbocycles. The van der Waals surface area contributed by atoms with Crippen LogP contribution in [0.25, 0.3) is 0 Å². The highest BCUT2D eigenvalue weighted by molar-refractivity contribution is 6.04. The van der Waals surface area contributed by atoms with Gasteiger partial charge in [0.1, 0.15) is 5.69 Å². The number of aryl methyl sites for hydroxylation is 1. The molecule has 126 valence electrons. The number of unbranched alkanes of at least 4 members (excludes halogenated alkanes) is 2. The van der Waals surface area contributed by atoms with Crippen LogP contribution in [-0.2, 0) is 0 Å². The van der Waals surface area contributed by atoms with Gasteiger partial charge in [0.05, 0.1) is 0 Å². The van der Waals surface area contributed by atoms with E-state index in [1.807, 2.05) is 31.2 Å². The molecule has 0 fully saturated rings. The quantitative estimate of drug-likeness (QED) is 0.765. The first-order valence-corrected chi connectivity index (χ1v) is 8.22. The topological polar surface area (TPSA) is 71.1 Å². The summed E-state index contributed by atoms with van der Waals surface area (Å²) in [5, 5.41) is 5.65. The number of benzene rings is 1. The Morgan fingerprint density at radius 3 is 2.67 bits per heavy atom. The summed E-state index contributed by atoms with van der Waals surface area (Å²) in [6.07, 6.45) is 4.62. The molecule has 0 radical (unpaired) electrons. The summed E-state index contributed by atoms with van der Waals surface area (Å²) in [5.74, 6) is -0.514. The van der Waals surface area contributed by atoms with E-state index in [0.29, 0.717) is 17.8 Å². The zero-order valence-corrected chi connectivity index (χ0v) is 14.1. The smallest absolute Gasteiger partial charge is 0.274 e. The van der Waals surface area contributed by atoms with E-state index in [1.54, 1.807) is 6.07 Å². The molecule has 0 bridgehead atoms. The maximum absolute atomic E-state index is 12.3. The number of pyridine rings is 1. The monoisotopic (exact) mass is 325 g/mol. The first-order valence-electron chi connectivity index (χ1n) is 8.22. The average Bonchev–Trinajstić information content (AvgIpc) is 2.58. The van der Waals surface area contributed by atoms with Gasteiger partial charge in [0.25, 0.3) is 11.8 Å². The predicted molar refractivity (Wildman–Crippen MR) is 95.2 cm³/mol. The molecule has 2 rings (SSSR count). The van der Waals surface area contributed by atoms with E-state index < -0.39 is 0 Å². The molecule has 1 heterocycles. The van der Waals surface area contributed by atoms with Crippen LogP contribution in [-0.4, -0.2) is 23.3 Å². The molecule has 24 heavy (non-hydrogen) atoms. The lowest BCUT2D eigenvalue weighted by Crippen LogP contribution is -2.25. The normalized spacial score (nSPS) is 10.2. The van der Waals surface area contributed by atoms with Gasteiger partial charge in [-0.05, 0) is 43.2 Å². The van der Waals surface area contributed by atoms with Gasteiger partial charge in [0.2, 0.25) is 0 Å². The molecule has 1 aromatic heterocycles. The summed E-state index contributed by atoms with van der Waals surface area (Å²) in [6.45, 7) is 4.71. The third kappa shape index (κ3) is 5.19. The molecule has 0 saturated carbocycles. The van der Waals surface area contributed by atoms with E-state index >= 15 is 0 Å². The Labute approximate surface area is 142 Å². The predicted octanol–water partition coefficient (Wildman–Crippen LogP) is 3.56. The van der Waals surface area contributed by atoms with Gasteiger partial charge in [0, 0.05) is 24.0 Å². The van der Waals surface area contributed by atoms with Crippen molar-refractivity contribution in [2.45, 2.75) is 33.1 Å². The highest BCUT2D eigenvalue weighted by Crippen LogP contribution is 2.11. The molecule has 5 nitrogen and oxygen atoms in total. The van der Waals surface area contributed by atoms with Crippen molar-refractivity contribution in [2.24, 2.45) is 0 Å². The number of hydrogen-bond acceptors (Lipinski definition) is 3. The van der Waals surface area contributed by atoms with Crippen LogP contribution in [0.15, 0.2) is 42.6 Å². The number of carbonyl (C=O) groups excluding carboxylic acids is 2. The van der Waals surface area contributed by atoms with E-state index in [9.17, 15) is 9.59 Å². The Morgan fingerprint density at radius 2 is 1.92 bits per heavy atom. The molecule has 0 saturated heterocycles. The summed E-state index contributed by atoms with van der Waals surface area (Å²) >= 11 is 0. The van der Waals surface area contributed by atoms with Gasteiger partial charge in [0.15, 0.2) is 0 Å². The van der Waals surface area contributed by atoms with Crippen molar-refractivity contribution >= 4 is 17.5 Å². The lowest BCUT2D eigenvalue weighted by atomic mass is 10.2. The highest BCUT2D eigenvalue weighted by atomic mass is 16.2. The molecule has 0 aliphatic carbocycles. The average molecular weight is 325 g/mol. The van der Waals surface area contributed by atoms with Gasteiger partial charge in [-0.25, -0.2) is 0 Å². The van der Waals surface area contributed by atoms with Crippen LogP contribution in [0, 0.1) is 6.92 Å². The van der Waals surface area contributed by atoms with Crippen LogP contribution in [0.1, 0.15) is 52.6 Å². The number of hydrogen-bond donors (Lipinski definition) is 2. The van der Waals surface area contributed by atoms with Crippen molar-refractivity contribution in [1.29, 1.82) is 0 Å². The van der Waals surface area contributed by atoms with Crippen LogP contribution < -0.4 is 10.6 Å². The molecule has 0 atom stereocenters. The minimum atomic E-state index is -0.332. The Morgan fingerprint density at radius 1 is 1.08 bits per heavy atom. The number of nitrogens with zero attached hydrogens (tertiary/aromatic N) is 1. The lowest BCUT2D eigenvalue weighted by molar-refractivity contribution is 0.0953. The number of nitrogens with one attached hydrogen (secondary N) is 2. The van der Waals surface area contributed by atoms with E-state index in [1.165, 1.54) is 12.3 Å². The summed E-state index contributed by atoms with van der Waals surface area (Å²) in [6, 6.07) is 10.6. The first kappa shape index (κ1) is 17.7. The van der Waals surface area contributed by atoms with Gasteiger partial charge < -0.3 is 10.6 Å². The molecule has 0 unspecified atom stereocenters. The van der Waals surface area contributed by atoms with Crippen LogP contribution in [0.4, 0.5) is 5.69 Å². The van der Waals surface area contributed by atoms with Gasteiger partial charge >= 0.3 is 0 Å². The van der Waals surface area contributed by atoms with Gasteiger partial charge in [-0.15, -0.1) is 0 Å². The van der Waals surface area contributed by atoms with Crippen molar-refractivity contribution in [2.75, 3.05) is 11.9 Å². The van der Waals surface area contributed by atoms with Crippen LogP contribution >= 0.6 is 0 Å². The Kier molecular flexibility index (Phi) is 6.49. The second-order valence-corrected chi connectivity index (χ2v) is 5.72. The fourth-order valence-corrected chi connectivity index (χ4v) is 2.29. The van der Waals surface area contributed by atoms with Gasteiger partial charge in [-0.2, -0.15) is 0 Å². The van der Waals surface area contributed by atoms with Crippen molar-refractivity contribution in [1.82, 2.24) is 10.3 Å². The summed E-state index contributed by atoms with van der Waals surface area (Å²) in [4.78, 5) is 28.5. The molecular formula is C19H23N3O2. The lowest BCUT2D eigenvalue weighted by Gasteiger charge is -2.08. The number of rotatable bonds is 7. The Balaban J connectivity index is 2.01. The minimum absolute atomic E-state index is 0.182. The molecule has 5 heteroatoms. The second kappa shape index (κ2) is 8.82. The highest BCUT2D eigenvalue weighted by Gasteiger charge is 2.12. The molecule has 2 aromatic rings. The third-order valence-electron chi connectivity index (χ3n) is 3.60. The molecule has 0 aliphatic heterocycles. The largest absolute Gasteiger partial charge is 0.352 e. The maximum atomic E-state index is 12.3. The summed E-state index contributed by atoms with van der Waals surface area (Å²) in [5.41, 5.74) is 2.42. The third-order valence-corrected chi connectivity index (χ3v) is 3.60. The van der Waals surface area contributed by atoms with E-state index in [-0.39, 0.29) is 17.5 Å². The SMILES string of the molecule is CCCCCNC(=O)c1ccnc(C(=O)Nc2cccc(C)c2)c1. The van der Waals surface area contributed by atoms with Crippen molar-refractivity contribution in [3.05, 3.63) is 59.4 Å².